The van der Waals surface area contributed by atoms with Gasteiger partial charge in [-0.2, -0.15) is 5.26 Å². The molecule has 3 aromatic rings. The number of hydrogen-bond acceptors (Lipinski definition) is 2. The zero-order valence-electron chi connectivity index (χ0n) is 13.6. The zero-order chi connectivity index (χ0) is 16.4. The average molecular weight is 301 g/mol. The molecule has 2 aromatic heterocycles. The molecule has 0 bridgehead atoms. The van der Waals surface area contributed by atoms with E-state index in [9.17, 15) is 5.26 Å². The first kappa shape index (κ1) is 15.1. The summed E-state index contributed by atoms with van der Waals surface area (Å²) in [6.07, 6.45) is 7.82. The fourth-order valence-corrected chi connectivity index (χ4v) is 2.57. The number of fused-ring (bicyclic) bond motifs is 1. The smallest absolute Gasteiger partial charge is 0.141 e. The highest BCUT2D eigenvalue weighted by Gasteiger charge is 2.19. The van der Waals surface area contributed by atoms with Crippen LogP contribution in [0.25, 0.3) is 23.2 Å². The van der Waals surface area contributed by atoms with Crippen LogP contribution < -0.4 is 0 Å². The van der Waals surface area contributed by atoms with Gasteiger partial charge in [0, 0.05) is 23.3 Å². The van der Waals surface area contributed by atoms with Gasteiger partial charge in [0.05, 0.1) is 5.56 Å². The third-order valence-electron chi connectivity index (χ3n) is 3.78. The van der Waals surface area contributed by atoms with E-state index in [0.29, 0.717) is 5.56 Å². The Kier molecular flexibility index (Phi) is 3.75. The summed E-state index contributed by atoms with van der Waals surface area (Å²) in [6, 6.07) is 14.4. The van der Waals surface area contributed by atoms with E-state index >= 15 is 0 Å². The number of nitriles is 1. The molecule has 114 valence electrons. The van der Waals surface area contributed by atoms with Gasteiger partial charge >= 0.3 is 0 Å². The highest BCUT2D eigenvalue weighted by Crippen LogP contribution is 2.26. The maximum atomic E-state index is 9.40. The molecule has 3 heteroatoms. The van der Waals surface area contributed by atoms with E-state index in [2.05, 4.69) is 54.6 Å². The molecule has 0 atom stereocenters. The summed E-state index contributed by atoms with van der Waals surface area (Å²) in [6.45, 7) is 6.33. The van der Waals surface area contributed by atoms with Crippen LogP contribution in [0, 0.1) is 11.3 Å². The van der Waals surface area contributed by atoms with Gasteiger partial charge in [0.15, 0.2) is 0 Å². The fraction of sp³-hybridized carbons (Fsp3) is 0.200. The quantitative estimate of drug-likeness (QED) is 0.680. The summed E-state index contributed by atoms with van der Waals surface area (Å²) in [4.78, 5) is 4.59. The molecule has 3 rings (SSSR count). The maximum Gasteiger partial charge on any atom is 0.141 e. The van der Waals surface area contributed by atoms with E-state index in [1.54, 1.807) is 0 Å². The summed E-state index contributed by atoms with van der Waals surface area (Å²) in [7, 11) is 0. The van der Waals surface area contributed by atoms with Gasteiger partial charge in [-0.3, -0.25) is 0 Å². The second kappa shape index (κ2) is 5.73. The number of pyridine rings is 1. The van der Waals surface area contributed by atoms with Gasteiger partial charge in [-0.05, 0) is 38.0 Å². The van der Waals surface area contributed by atoms with Crippen molar-refractivity contribution < 1.29 is 0 Å². The second-order valence-corrected chi connectivity index (χ2v) is 6.58. The number of hydrogen-bond donors (Lipinski definition) is 0. The summed E-state index contributed by atoms with van der Waals surface area (Å²) >= 11 is 0. The first-order valence-corrected chi connectivity index (χ1v) is 7.64. The summed E-state index contributed by atoms with van der Waals surface area (Å²) in [5, 5.41) is 10.3. The van der Waals surface area contributed by atoms with Crippen LogP contribution in [0.2, 0.25) is 0 Å². The van der Waals surface area contributed by atoms with E-state index in [0.717, 1.165) is 22.2 Å². The predicted octanol–water partition coefficient (Wildman–Crippen LogP) is 4.83. The highest BCUT2D eigenvalue weighted by molar-refractivity contribution is 5.86. The van der Waals surface area contributed by atoms with E-state index in [1.165, 1.54) is 0 Å². The molecule has 0 aliphatic carbocycles. The SMILES string of the molecule is CC(C)(C)n1cc(C#N)c2cc(/C=C/c3ccccc3)cnc21. The van der Waals surface area contributed by atoms with Crippen molar-refractivity contribution in [3.05, 3.63) is 65.5 Å². The van der Waals surface area contributed by atoms with Crippen molar-refractivity contribution >= 4 is 23.2 Å². The van der Waals surface area contributed by atoms with Gasteiger partial charge in [0.2, 0.25) is 0 Å². The van der Waals surface area contributed by atoms with Crippen LogP contribution in [0.15, 0.2) is 48.8 Å². The third-order valence-corrected chi connectivity index (χ3v) is 3.78. The Hall–Kier alpha value is -2.86. The molecule has 0 saturated carbocycles. The molecule has 0 unspecified atom stereocenters. The monoisotopic (exact) mass is 301 g/mol. The molecular formula is C20H19N3. The van der Waals surface area contributed by atoms with Crippen molar-refractivity contribution in [2.45, 2.75) is 26.3 Å². The third kappa shape index (κ3) is 3.02. The van der Waals surface area contributed by atoms with Gasteiger partial charge < -0.3 is 4.57 Å². The lowest BCUT2D eigenvalue weighted by Gasteiger charge is -2.21. The van der Waals surface area contributed by atoms with Crippen molar-refractivity contribution in [2.24, 2.45) is 0 Å². The minimum atomic E-state index is -0.109. The van der Waals surface area contributed by atoms with Gasteiger partial charge in [0.25, 0.3) is 0 Å². The van der Waals surface area contributed by atoms with Crippen molar-refractivity contribution in [3.8, 4) is 6.07 Å². The molecule has 0 amide bonds. The highest BCUT2D eigenvalue weighted by atomic mass is 15.1. The first-order chi connectivity index (χ1) is 11.0. The number of rotatable bonds is 2. The Morgan fingerprint density at radius 3 is 2.43 bits per heavy atom. The van der Waals surface area contributed by atoms with Crippen molar-refractivity contribution in [2.75, 3.05) is 0 Å². The standard InChI is InChI=1S/C20H19N3/c1-20(2,3)23-14-17(12-21)18-11-16(13-22-19(18)23)10-9-15-7-5-4-6-8-15/h4-11,13-14H,1-3H3/b10-9+. The molecule has 0 aliphatic rings. The summed E-state index contributed by atoms with van der Waals surface area (Å²) in [5.74, 6) is 0. The Bertz CT molecular complexity index is 904. The number of benzene rings is 1. The topological polar surface area (TPSA) is 41.6 Å². The number of aromatic nitrogens is 2. The van der Waals surface area contributed by atoms with Crippen LogP contribution in [-0.2, 0) is 5.54 Å². The second-order valence-electron chi connectivity index (χ2n) is 6.58. The van der Waals surface area contributed by atoms with Crippen LogP contribution in [0.1, 0.15) is 37.5 Å². The molecule has 0 fully saturated rings. The molecule has 0 N–H and O–H groups in total. The normalized spacial score (nSPS) is 11.9. The van der Waals surface area contributed by atoms with Crippen molar-refractivity contribution in [1.82, 2.24) is 9.55 Å². The largest absolute Gasteiger partial charge is 0.326 e. The molecule has 0 saturated heterocycles. The van der Waals surface area contributed by atoms with Crippen LogP contribution in [0.5, 0.6) is 0 Å². The average Bonchev–Trinajstić information content (AvgIpc) is 2.92. The van der Waals surface area contributed by atoms with E-state index in [1.807, 2.05) is 42.7 Å². The van der Waals surface area contributed by atoms with Gasteiger partial charge in [-0.25, -0.2) is 4.98 Å². The Morgan fingerprint density at radius 2 is 1.78 bits per heavy atom. The molecule has 23 heavy (non-hydrogen) atoms. The van der Waals surface area contributed by atoms with Gasteiger partial charge in [0.1, 0.15) is 11.7 Å². The van der Waals surface area contributed by atoms with Crippen molar-refractivity contribution in [1.29, 1.82) is 5.26 Å². The molecule has 2 heterocycles. The predicted molar refractivity (Wildman–Crippen MR) is 94.8 cm³/mol. The van der Waals surface area contributed by atoms with E-state index < -0.39 is 0 Å². The van der Waals surface area contributed by atoms with Crippen molar-refractivity contribution in [3.63, 3.8) is 0 Å². The molecule has 0 spiro atoms. The minimum Gasteiger partial charge on any atom is -0.326 e. The molecule has 0 aliphatic heterocycles. The van der Waals surface area contributed by atoms with E-state index in [4.69, 9.17) is 0 Å². The Morgan fingerprint density at radius 1 is 1.09 bits per heavy atom. The minimum absolute atomic E-state index is 0.109. The first-order valence-electron chi connectivity index (χ1n) is 7.64. The van der Waals surface area contributed by atoms with Gasteiger partial charge in [-0.1, -0.05) is 42.5 Å². The lowest BCUT2D eigenvalue weighted by molar-refractivity contribution is 0.408. The lowest BCUT2D eigenvalue weighted by atomic mass is 10.1. The summed E-state index contributed by atoms with van der Waals surface area (Å²) < 4.78 is 2.06. The Balaban J connectivity index is 2.06. The molecule has 0 radical (unpaired) electrons. The van der Waals surface area contributed by atoms with Crippen LogP contribution in [-0.4, -0.2) is 9.55 Å². The van der Waals surface area contributed by atoms with Gasteiger partial charge in [-0.15, -0.1) is 0 Å². The van der Waals surface area contributed by atoms with E-state index in [-0.39, 0.29) is 5.54 Å². The molecular weight excluding hydrogens is 282 g/mol. The fourth-order valence-electron chi connectivity index (χ4n) is 2.57. The Labute approximate surface area is 136 Å². The lowest BCUT2D eigenvalue weighted by Crippen LogP contribution is -2.20. The van der Waals surface area contributed by atoms with Crippen LogP contribution >= 0.6 is 0 Å². The zero-order valence-corrected chi connectivity index (χ0v) is 13.6. The van der Waals surface area contributed by atoms with Crippen LogP contribution in [0.3, 0.4) is 0 Å². The number of nitrogens with zero attached hydrogens (tertiary/aromatic N) is 3. The molecule has 3 nitrogen and oxygen atoms in total. The maximum absolute atomic E-state index is 9.40. The summed E-state index contributed by atoms with van der Waals surface area (Å²) in [5.41, 5.74) is 3.54. The molecule has 1 aromatic carbocycles. The van der Waals surface area contributed by atoms with Crippen LogP contribution in [0.4, 0.5) is 0 Å².